The van der Waals surface area contributed by atoms with Gasteiger partial charge in [-0.05, 0) is 42.8 Å². The van der Waals surface area contributed by atoms with E-state index in [9.17, 15) is 26.4 Å². The van der Waals surface area contributed by atoms with Crippen LogP contribution in [-0.2, 0) is 21.0 Å². The Labute approximate surface area is 173 Å². The number of hydrogen-bond donors (Lipinski definition) is 0. The third-order valence-corrected chi connectivity index (χ3v) is 6.78. The number of amides is 1. The molecule has 1 fully saturated rings. The lowest BCUT2D eigenvalue weighted by Gasteiger charge is -2.33. The monoisotopic (exact) mass is 438 g/mol. The first kappa shape index (κ1) is 22.0. The summed E-state index contributed by atoms with van der Waals surface area (Å²) in [5, 5.41) is 0. The summed E-state index contributed by atoms with van der Waals surface area (Å²) in [5.74, 6) is -0.317. The van der Waals surface area contributed by atoms with Crippen molar-refractivity contribution >= 4 is 22.0 Å². The molecule has 1 heterocycles. The summed E-state index contributed by atoms with van der Waals surface area (Å²) in [5.41, 5.74) is 0.679. The van der Waals surface area contributed by atoms with Crippen molar-refractivity contribution in [2.45, 2.75) is 18.0 Å². The number of halogens is 3. The third kappa shape index (κ3) is 5.09. The number of hydrogen-bond acceptors (Lipinski definition) is 3. The third-order valence-electron chi connectivity index (χ3n) is 4.87. The number of piperazine rings is 1. The number of nitrogens with zero attached hydrogens (tertiary/aromatic N) is 2. The predicted molar refractivity (Wildman–Crippen MR) is 107 cm³/mol. The van der Waals surface area contributed by atoms with Crippen molar-refractivity contribution in [3.8, 4) is 0 Å². The van der Waals surface area contributed by atoms with E-state index in [0.717, 1.165) is 17.7 Å². The van der Waals surface area contributed by atoms with Crippen molar-refractivity contribution in [3.05, 3.63) is 71.3 Å². The van der Waals surface area contributed by atoms with E-state index in [-0.39, 0.29) is 37.0 Å². The minimum absolute atomic E-state index is 0.177. The molecule has 1 aliphatic heterocycles. The average molecular weight is 438 g/mol. The fraction of sp³-hybridized carbons (Fsp3) is 0.286. The maximum atomic E-state index is 12.7. The van der Waals surface area contributed by atoms with Gasteiger partial charge >= 0.3 is 6.18 Å². The maximum Gasteiger partial charge on any atom is 0.416 e. The lowest BCUT2D eigenvalue weighted by molar-refractivity contribution is -0.137. The fourth-order valence-corrected chi connectivity index (χ4v) is 4.49. The van der Waals surface area contributed by atoms with Gasteiger partial charge in [0.1, 0.15) is 0 Å². The van der Waals surface area contributed by atoms with Gasteiger partial charge in [0.05, 0.1) is 10.5 Å². The quantitative estimate of drug-likeness (QED) is 0.686. The van der Waals surface area contributed by atoms with E-state index in [0.29, 0.717) is 5.56 Å². The molecule has 3 rings (SSSR count). The normalized spacial score (nSPS) is 16.2. The second-order valence-corrected chi connectivity index (χ2v) is 8.93. The van der Waals surface area contributed by atoms with Crippen molar-refractivity contribution < 1.29 is 26.4 Å². The molecule has 30 heavy (non-hydrogen) atoms. The lowest BCUT2D eigenvalue weighted by atomic mass is 10.1. The van der Waals surface area contributed by atoms with E-state index in [1.165, 1.54) is 33.5 Å². The molecular weight excluding hydrogens is 417 g/mol. The van der Waals surface area contributed by atoms with Crippen LogP contribution in [0.5, 0.6) is 0 Å². The summed E-state index contributed by atoms with van der Waals surface area (Å²) in [6.07, 6.45) is -1.68. The van der Waals surface area contributed by atoms with E-state index >= 15 is 0 Å². The predicted octanol–water partition coefficient (Wildman–Crippen LogP) is 3.56. The highest BCUT2D eigenvalue weighted by Crippen LogP contribution is 2.29. The van der Waals surface area contributed by atoms with Crippen molar-refractivity contribution in [2.75, 3.05) is 26.2 Å². The summed E-state index contributed by atoms with van der Waals surface area (Å²) < 4.78 is 64.6. The first-order chi connectivity index (χ1) is 14.1. The average Bonchev–Trinajstić information content (AvgIpc) is 2.72. The Bertz CT molecular complexity index is 1020. The van der Waals surface area contributed by atoms with Gasteiger partial charge in [-0.15, -0.1) is 0 Å². The summed E-state index contributed by atoms with van der Waals surface area (Å²) in [6.45, 7) is 2.70. The SMILES string of the molecule is Cc1ccc(S(=O)(=O)N2CCN(C(=O)/C=C/c3ccc(C(F)(F)F)cc3)CC2)cc1. The Kier molecular flexibility index (Phi) is 6.33. The van der Waals surface area contributed by atoms with Crippen molar-refractivity contribution in [3.63, 3.8) is 0 Å². The number of sulfonamides is 1. The van der Waals surface area contributed by atoms with Crippen LogP contribution in [0.4, 0.5) is 13.2 Å². The number of benzene rings is 2. The van der Waals surface area contributed by atoms with Gasteiger partial charge in [0.2, 0.25) is 15.9 Å². The maximum absolute atomic E-state index is 12.7. The smallest absolute Gasteiger partial charge is 0.337 e. The molecule has 1 amide bonds. The van der Waals surface area contributed by atoms with Crippen LogP contribution >= 0.6 is 0 Å². The number of carbonyl (C=O) groups excluding carboxylic acids is 1. The van der Waals surface area contributed by atoms with Gasteiger partial charge in [-0.25, -0.2) is 8.42 Å². The highest BCUT2D eigenvalue weighted by molar-refractivity contribution is 7.89. The highest BCUT2D eigenvalue weighted by atomic mass is 32.2. The Morgan fingerprint density at radius 2 is 1.50 bits per heavy atom. The van der Waals surface area contributed by atoms with E-state index in [4.69, 9.17) is 0 Å². The molecule has 5 nitrogen and oxygen atoms in total. The molecule has 0 bridgehead atoms. The number of carbonyl (C=O) groups is 1. The Balaban J connectivity index is 1.58. The first-order valence-electron chi connectivity index (χ1n) is 9.28. The van der Waals surface area contributed by atoms with Crippen LogP contribution in [-0.4, -0.2) is 49.7 Å². The molecule has 1 aliphatic rings. The topological polar surface area (TPSA) is 57.7 Å². The van der Waals surface area contributed by atoms with Gasteiger partial charge < -0.3 is 4.90 Å². The van der Waals surface area contributed by atoms with Gasteiger partial charge in [-0.1, -0.05) is 29.8 Å². The van der Waals surface area contributed by atoms with Gasteiger partial charge in [-0.3, -0.25) is 4.79 Å². The molecule has 1 saturated heterocycles. The molecule has 9 heteroatoms. The molecule has 0 radical (unpaired) electrons. The van der Waals surface area contributed by atoms with Crippen molar-refractivity contribution in [2.24, 2.45) is 0 Å². The molecule has 2 aromatic rings. The number of aryl methyl sites for hydroxylation is 1. The zero-order chi connectivity index (χ0) is 21.9. The summed E-state index contributed by atoms with van der Waals surface area (Å²) in [4.78, 5) is 14.1. The van der Waals surface area contributed by atoms with E-state index in [1.807, 2.05) is 6.92 Å². The zero-order valence-corrected chi connectivity index (χ0v) is 17.1. The van der Waals surface area contributed by atoms with Crippen LogP contribution in [0, 0.1) is 6.92 Å². The molecule has 0 atom stereocenters. The molecule has 0 aromatic heterocycles. The van der Waals surface area contributed by atoms with Gasteiger partial charge in [0.15, 0.2) is 0 Å². The zero-order valence-electron chi connectivity index (χ0n) is 16.3. The minimum Gasteiger partial charge on any atom is -0.337 e. The highest BCUT2D eigenvalue weighted by Gasteiger charge is 2.30. The Hall–Kier alpha value is -2.65. The number of rotatable bonds is 4. The molecule has 0 saturated carbocycles. The lowest BCUT2D eigenvalue weighted by Crippen LogP contribution is -2.50. The van der Waals surface area contributed by atoms with Crippen LogP contribution in [0.2, 0.25) is 0 Å². The fourth-order valence-electron chi connectivity index (χ4n) is 3.06. The largest absolute Gasteiger partial charge is 0.416 e. The van der Waals surface area contributed by atoms with Crippen LogP contribution < -0.4 is 0 Å². The summed E-state index contributed by atoms with van der Waals surface area (Å²) >= 11 is 0. The van der Waals surface area contributed by atoms with Gasteiger partial charge in [0.25, 0.3) is 0 Å². The molecule has 2 aromatic carbocycles. The summed E-state index contributed by atoms with van der Waals surface area (Å²) in [7, 11) is -3.61. The van der Waals surface area contributed by atoms with Crippen molar-refractivity contribution in [1.82, 2.24) is 9.21 Å². The Morgan fingerprint density at radius 3 is 2.03 bits per heavy atom. The molecule has 0 aliphatic carbocycles. The van der Waals surface area contributed by atoms with E-state index in [2.05, 4.69) is 0 Å². The first-order valence-corrected chi connectivity index (χ1v) is 10.7. The summed E-state index contributed by atoms with van der Waals surface area (Å²) in [6, 6.07) is 11.1. The molecular formula is C21H21F3N2O3S. The van der Waals surface area contributed by atoms with Crippen LogP contribution in [0.1, 0.15) is 16.7 Å². The van der Waals surface area contributed by atoms with Crippen LogP contribution in [0.15, 0.2) is 59.5 Å². The molecule has 0 N–H and O–H groups in total. The van der Waals surface area contributed by atoms with Gasteiger partial charge in [-0.2, -0.15) is 17.5 Å². The number of alkyl halides is 3. The van der Waals surface area contributed by atoms with E-state index < -0.39 is 21.8 Å². The minimum atomic E-state index is -4.41. The second-order valence-electron chi connectivity index (χ2n) is 7.00. The molecule has 0 unspecified atom stereocenters. The Morgan fingerprint density at radius 1 is 0.933 bits per heavy atom. The molecule has 160 valence electrons. The van der Waals surface area contributed by atoms with E-state index in [1.54, 1.807) is 24.3 Å². The van der Waals surface area contributed by atoms with Crippen molar-refractivity contribution in [1.29, 1.82) is 0 Å². The standard InChI is InChI=1S/C21H21F3N2O3S/c1-16-2-9-19(10-3-16)30(28,29)26-14-12-25(13-15-26)20(27)11-6-17-4-7-18(8-5-17)21(22,23)24/h2-11H,12-15H2,1H3/b11-6+. The van der Waals surface area contributed by atoms with Gasteiger partial charge in [0, 0.05) is 32.3 Å². The van der Waals surface area contributed by atoms with Crippen LogP contribution in [0.3, 0.4) is 0 Å². The van der Waals surface area contributed by atoms with Crippen LogP contribution in [0.25, 0.3) is 6.08 Å². The molecule has 0 spiro atoms. The second kappa shape index (κ2) is 8.61.